The summed E-state index contributed by atoms with van der Waals surface area (Å²) >= 11 is 0. The van der Waals surface area contributed by atoms with Gasteiger partial charge in [0, 0.05) is 11.3 Å². The monoisotopic (exact) mass is 192 g/mol. The minimum absolute atomic E-state index is 0.113. The normalized spacial score (nSPS) is 9.93. The molecule has 0 aromatic carbocycles. The first kappa shape index (κ1) is 10.4. The Bertz CT molecular complexity index is 376. The number of ketones is 1. The van der Waals surface area contributed by atoms with E-state index in [2.05, 4.69) is 4.98 Å². The van der Waals surface area contributed by atoms with Gasteiger partial charge in [0.15, 0.2) is 5.78 Å². The van der Waals surface area contributed by atoms with Crippen molar-refractivity contribution >= 4 is 11.7 Å². The molecule has 1 amide bonds. The summed E-state index contributed by atoms with van der Waals surface area (Å²) in [5.41, 5.74) is 7.08. The van der Waals surface area contributed by atoms with E-state index in [9.17, 15) is 9.59 Å². The Labute approximate surface area is 82.1 Å². The van der Waals surface area contributed by atoms with Crippen molar-refractivity contribution in [2.24, 2.45) is 5.73 Å². The molecule has 0 fully saturated rings. The third kappa shape index (κ3) is 1.79. The summed E-state index contributed by atoms with van der Waals surface area (Å²) in [5, 5.41) is 0. The predicted molar refractivity (Wildman–Crippen MR) is 52.2 cm³/mol. The maximum Gasteiger partial charge on any atom is 0.250 e. The number of primary amides is 1. The first-order chi connectivity index (χ1) is 6.43. The van der Waals surface area contributed by atoms with Gasteiger partial charge in [-0.3, -0.25) is 14.6 Å². The van der Waals surface area contributed by atoms with Gasteiger partial charge in [0.2, 0.25) is 0 Å². The van der Waals surface area contributed by atoms with E-state index in [0.717, 1.165) is 0 Å². The topological polar surface area (TPSA) is 73.1 Å². The Hall–Kier alpha value is -1.71. The minimum atomic E-state index is -0.558. The summed E-state index contributed by atoms with van der Waals surface area (Å²) in [6.07, 6.45) is 0. The Morgan fingerprint density at radius 2 is 1.71 bits per heavy atom. The third-order valence-corrected chi connectivity index (χ3v) is 2.05. The molecule has 0 atom stereocenters. The van der Waals surface area contributed by atoms with E-state index in [1.807, 2.05) is 0 Å². The fourth-order valence-corrected chi connectivity index (χ4v) is 1.33. The SMILES string of the molecule is CC(=O)c1cc(C(N)=O)c(C)nc1C. The highest BCUT2D eigenvalue weighted by Crippen LogP contribution is 2.12. The van der Waals surface area contributed by atoms with Crippen molar-refractivity contribution in [1.82, 2.24) is 4.98 Å². The van der Waals surface area contributed by atoms with Crippen LogP contribution in [0.3, 0.4) is 0 Å². The fraction of sp³-hybridized carbons (Fsp3) is 0.300. The summed E-state index contributed by atoms with van der Waals surface area (Å²) in [6, 6.07) is 1.50. The zero-order valence-corrected chi connectivity index (χ0v) is 8.42. The van der Waals surface area contributed by atoms with Crippen LogP contribution in [-0.4, -0.2) is 16.7 Å². The number of amides is 1. The van der Waals surface area contributed by atoms with Crippen LogP contribution in [-0.2, 0) is 0 Å². The zero-order valence-electron chi connectivity index (χ0n) is 8.42. The highest BCUT2D eigenvalue weighted by Gasteiger charge is 2.12. The number of pyridine rings is 1. The van der Waals surface area contributed by atoms with Crippen molar-refractivity contribution in [3.63, 3.8) is 0 Å². The number of hydrogen-bond donors (Lipinski definition) is 1. The molecule has 0 saturated carbocycles. The third-order valence-electron chi connectivity index (χ3n) is 2.05. The molecular weight excluding hydrogens is 180 g/mol. The highest BCUT2D eigenvalue weighted by molar-refractivity contribution is 6.00. The van der Waals surface area contributed by atoms with Gasteiger partial charge in [0.25, 0.3) is 5.91 Å². The fourth-order valence-electron chi connectivity index (χ4n) is 1.33. The largest absolute Gasteiger partial charge is 0.366 e. The van der Waals surface area contributed by atoms with Crippen molar-refractivity contribution in [1.29, 1.82) is 0 Å². The van der Waals surface area contributed by atoms with Gasteiger partial charge in [-0.25, -0.2) is 0 Å². The quantitative estimate of drug-likeness (QED) is 0.710. The maximum absolute atomic E-state index is 11.2. The molecule has 0 aliphatic heterocycles. The van der Waals surface area contributed by atoms with Crippen molar-refractivity contribution in [3.05, 3.63) is 28.6 Å². The zero-order chi connectivity index (χ0) is 10.9. The number of aromatic nitrogens is 1. The van der Waals surface area contributed by atoms with Crippen LogP contribution in [0.15, 0.2) is 6.07 Å². The molecular formula is C10H12N2O2. The van der Waals surface area contributed by atoms with E-state index in [-0.39, 0.29) is 5.78 Å². The Kier molecular flexibility index (Phi) is 2.65. The van der Waals surface area contributed by atoms with Crippen LogP contribution in [0.25, 0.3) is 0 Å². The molecule has 2 N–H and O–H groups in total. The van der Waals surface area contributed by atoms with E-state index in [1.54, 1.807) is 13.8 Å². The summed E-state index contributed by atoms with van der Waals surface area (Å²) in [4.78, 5) is 26.2. The highest BCUT2D eigenvalue weighted by atomic mass is 16.1. The van der Waals surface area contributed by atoms with Crippen molar-refractivity contribution in [3.8, 4) is 0 Å². The van der Waals surface area contributed by atoms with Gasteiger partial charge in [-0.2, -0.15) is 0 Å². The molecule has 1 heterocycles. The van der Waals surface area contributed by atoms with Crippen LogP contribution in [0.5, 0.6) is 0 Å². The molecule has 0 unspecified atom stereocenters. The van der Waals surface area contributed by atoms with Gasteiger partial charge in [-0.15, -0.1) is 0 Å². The van der Waals surface area contributed by atoms with E-state index in [0.29, 0.717) is 22.5 Å². The molecule has 0 radical (unpaired) electrons. The number of aryl methyl sites for hydroxylation is 2. The molecule has 0 aliphatic rings. The average Bonchev–Trinajstić information content (AvgIpc) is 2.02. The molecule has 4 nitrogen and oxygen atoms in total. The Morgan fingerprint density at radius 3 is 2.14 bits per heavy atom. The molecule has 0 saturated heterocycles. The summed E-state index contributed by atoms with van der Waals surface area (Å²) < 4.78 is 0. The van der Waals surface area contributed by atoms with E-state index < -0.39 is 5.91 Å². The summed E-state index contributed by atoms with van der Waals surface area (Å²) in [6.45, 7) is 4.86. The van der Waals surface area contributed by atoms with Crippen LogP contribution in [0.4, 0.5) is 0 Å². The summed E-state index contributed by atoms with van der Waals surface area (Å²) in [7, 11) is 0. The van der Waals surface area contributed by atoms with E-state index in [1.165, 1.54) is 13.0 Å². The second-order valence-corrected chi connectivity index (χ2v) is 3.17. The molecule has 0 bridgehead atoms. The molecule has 0 spiro atoms. The van der Waals surface area contributed by atoms with Crippen LogP contribution in [0.2, 0.25) is 0 Å². The molecule has 1 aromatic heterocycles. The smallest absolute Gasteiger partial charge is 0.250 e. The minimum Gasteiger partial charge on any atom is -0.366 e. The van der Waals surface area contributed by atoms with Crippen molar-refractivity contribution in [2.75, 3.05) is 0 Å². The standard InChI is InChI=1S/C10H12N2O2/c1-5-8(7(3)13)4-9(10(11)14)6(2)12-5/h4H,1-3H3,(H2,11,14). The Balaban J connectivity index is 3.42. The molecule has 14 heavy (non-hydrogen) atoms. The van der Waals surface area contributed by atoms with E-state index >= 15 is 0 Å². The maximum atomic E-state index is 11.2. The lowest BCUT2D eigenvalue weighted by atomic mass is 10.1. The number of Topliss-reactive ketones (excluding diaryl/α,β-unsaturated/α-hetero) is 1. The second-order valence-electron chi connectivity index (χ2n) is 3.17. The van der Waals surface area contributed by atoms with Gasteiger partial charge in [0.05, 0.1) is 11.3 Å². The van der Waals surface area contributed by atoms with E-state index in [4.69, 9.17) is 5.73 Å². The molecule has 74 valence electrons. The average molecular weight is 192 g/mol. The van der Waals surface area contributed by atoms with Crippen molar-refractivity contribution < 1.29 is 9.59 Å². The summed E-state index contributed by atoms with van der Waals surface area (Å²) in [5.74, 6) is -0.671. The first-order valence-corrected chi connectivity index (χ1v) is 4.22. The lowest BCUT2D eigenvalue weighted by Crippen LogP contribution is -2.15. The van der Waals surface area contributed by atoms with Crippen molar-refractivity contribution in [2.45, 2.75) is 20.8 Å². The Morgan fingerprint density at radius 1 is 1.21 bits per heavy atom. The number of rotatable bonds is 2. The molecule has 0 aliphatic carbocycles. The second kappa shape index (κ2) is 3.57. The molecule has 4 heteroatoms. The number of hydrogen-bond acceptors (Lipinski definition) is 3. The van der Waals surface area contributed by atoms with Gasteiger partial charge in [-0.05, 0) is 26.8 Å². The van der Waals surface area contributed by atoms with Crippen LogP contribution in [0, 0.1) is 13.8 Å². The first-order valence-electron chi connectivity index (χ1n) is 4.22. The predicted octanol–water partition coefficient (Wildman–Crippen LogP) is 1.000. The lowest BCUT2D eigenvalue weighted by molar-refractivity contribution is 0.0999. The van der Waals surface area contributed by atoms with Gasteiger partial charge >= 0.3 is 0 Å². The number of nitrogens with zero attached hydrogens (tertiary/aromatic N) is 1. The van der Waals surface area contributed by atoms with Gasteiger partial charge in [-0.1, -0.05) is 0 Å². The van der Waals surface area contributed by atoms with Crippen LogP contribution >= 0.6 is 0 Å². The van der Waals surface area contributed by atoms with Crippen LogP contribution < -0.4 is 5.73 Å². The number of nitrogens with two attached hydrogens (primary N) is 1. The molecule has 1 aromatic rings. The van der Waals surface area contributed by atoms with Crippen LogP contribution in [0.1, 0.15) is 39.0 Å². The number of carbonyl (C=O) groups excluding carboxylic acids is 2. The van der Waals surface area contributed by atoms with Gasteiger partial charge in [0.1, 0.15) is 0 Å². The van der Waals surface area contributed by atoms with Gasteiger partial charge < -0.3 is 5.73 Å². The molecule has 1 rings (SSSR count). The lowest BCUT2D eigenvalue weighted by Gasteiger charge is -2.06. The number of carbonyl (C=O) groups is 2.